The van der Waals surface area contributed by atoms with Gasteiger partial charge in [0.25, 0.3) is 0 Å². The molecule has 0 amide bonds. The molecule has 0 aromatic carbocycles. The van der Waals surface area contributed by atoms with Crippen LogP contribution in [0.2, 0.25) is 0 Å². The van der Waals surface area contributed by atoms with Crippen LogP contribution in [0.25, 0.3) is 0 Å². The number of thiazole rings is 1. The summed E-state index contributed by atoms with van der Waals surface area (Å²) in [6.45, 7) is 7.90. The molecule has 1 heterocycles. The average molecular weight is 313 g/mol. The maximum Gasteiger partial charge on any atom is 0.191 e. The van der Waals surface area contributed by atoms with Crippen molar-refractivity contribution in [3.05, 3.63) is 11.1 Å². The minimum atomic E-state index is 0.588. The van der Waals surface area contributed by atoms with Gasteiger partial charge in [0.1, 0.15) is 0 Å². The van der Waals surface area contributed by atoms with Gasteiger partial charge in [0.2, 0.25) is 0 Å². The van der Waals surface area contributed by atoms with E-state index in [0.717, 1.165) is 49.5 Å². The summed E-state index contributed by atoms with van der Waals surface area (Å²) in [6, 6.07) is 0. The van der Waals surface area contributed by atoms with Gasteiger partial charge >= 0.3 is 0 Å². The molecule has 0 fully saturated rings. The van der Waals surface area contributed by atoms with Crippen molar-refractivity contribution in [2.24, 2.45) is 4.99 Å². The monoisotopic (exact) mass is 313 g/mol. The van der Waals surface area contributed by atoms with Crippen LogP contribution >= 0.6 is 11.3 Å². The first kappa shape index (κ1) is 17.7. The Morgan fingerprint density at radius 3 is 2.81 bits per heavy atom. The molecule has 2 N–H and O–H groups in total. The summed E-state index contributed by atoms with van der Waals surface area (Å²) in [5, 5.41) is 9.60. The maximum atomic E-state index is 5.32. The molecular weight excluding hydrogens is 286 g/mol. The lowest BCUT2D eigenvalue weighted by atomic mass is 10.4. The zero-order chi connectivity index (χ0) is 15.5. The Morgan fingerprint density at radius 1 is 1.38 bits per heavy atom. The van der Waals surface area contributed by atoms with Crippen LogP contribution in [-0.2, 0) is 11.3 Å². The molecule has 0 unspecified atom stereocenters. The van der Waals surface area contributed by atoms with Gasteiger partial charge in [-0.3, -0.25) is 0 Å². The first-order chi connectivity index (χ1) is 10.2. The highest BCUT2D eigenvalue weighted by Crippen LogP contribution is 2.18. The lowest BCUT2D eigenvalue weighted by Crippen LogP contribution is -2.38. The van der Waals surface area contributed by atoms with Crippen molar-refractivity contribution >= 4 is 22.4 Å². The van der Waals surface area contributed by atoms with Gasteiger partial charge in [-0.15, -0.1) is 11.3 Å². The van der Waals surface area contributed by atoms with Gasteiger partial charge in [0.15, 0.2) is 11.1 Å². The SMILES string of the molecule is CCNC(=NCc1csc(N(C)C)n1)NCCCOCC. The van der Waals surface area contributed by atoms with Crippen molar-refractivity contribution in [2.75, 3.05) is 45.3 Å². The lowest BCUT2D eigenvalue weighted by molar-refractivity contribution is 0.145. The summed E-state index contributed by atoms with van der Waals surface area (Å²) < 4.78 is 5.32. The van der Waals surface area contributed by atoms with Crippen LogP contribution in [0.1, 0.15) is 26.0 Å². The van der Waals surface area contributed by atoms with E-state index in [0.29, 0.717) is 6.54 Å². The highest BCUT2D eigenvalue weighted by atomic mass is 32.1. The predicted octanol–water partition coefficient (Wildman–Crippen LogP) is 1.69. The molecule has 6 nitrogen and oxygen atoms in total. The van der Waals surface area contributed by atoms with Crippen molar-refractivity contribution in [2.45, 2.75) is 26.8 Å². The zero-order valence-corrected chi connectivity index (χ0v) is 14.3. The van der Waals surface area contributed by atoms with Crippen molar-refractivity contribution in [3.63, 3.8) is 0 Å². The molecule has 0 aliphatic carbocycles. The van der Waals surface area contributed by atoms with Crippen LogP contribution in [-0.4, -0.2) is 51.3 Å². The summed E-state index contributed by atoms with van der Waals surface area (Å²) in [5.74, 6) is 0.827. The molecule has 0 aliphatic rings. The Morgan fingerprint density at radius 2 is 2.19 bits per heavy atom. The molecule has 120 valence electrons. The Bertz CT molecular complexity index is 419. The minimum Gasteiger partial charge on any atom is -0.382 e. The number of nitrogens with zero attached hydrogens (tertiary/aromatic N) is 3. The summed E-state index contributed by atoms with van der Waals surface area (Å²) in [4.78, 5) is 11.1. The van der Waals surface area contributed by atoms with Crippen molar-refractivity contribution in [1.29, 1.82) is 0 Å². The Balaban J connectivity index is 2.42. The third-order valence-electron chi connectivity index (χ3n) is 2.63. The second kappa shape index (κ2) is 10.4. The fourth-order valence-electron chi connectivity index (χ4n) is 1.60. The Labute approximate surface area is 131 Å². The number of guanidine groups is 1. The highest BCUT2D eigenvalue weighted by molar-refractivity contribution is 7.13. The number of rotatable bonds is 9. The summed E-state index contributed by atoms with van der Waals surface area (Å²) >= 11 is 1.64. The molecular formula is C14H27N5OS. The molecule has 0 atom stereocenters. The molecule has 1 aromatic rings. The topological polar surface area (TPSA) is 61.8 Å². The molecule has 7 heteroatoms. The molecule has 0 radical (unpaired) electrons. The number of hydrogen-bond donors (Lipinski definition) is 2. The number of hydrogen-bond acceptors (Lipinski definition) is 5. The van der Waals surface area contributed by atoms with Crippen LogP contribution < -0.4 is 15.5 Å². The third kappa shape index (κ3) is 7.29. The second-order valence-corrected chi connectivity index (χ2v) is 5.52. The normalized spacial score (nSPS) is 11.5. The van der Waals surface area contributed by atoms with E-state index in [-0.39, 0.29) is 0 Å². The van der Waals surface area contributed by atoms with Gasteiger partial charge < -0.3 is 20.3 Å². The van der Waals surface area contributed by atoms with E-state index < -0.39 is 0 Å². The first-order valence-electron chi connectivity index (χ1n) is 7.39. The van der Waals surface area contributed by atoms with E-state index in [1.54, 1.807) is 11.3 Å². The molecule has 0 saturated carbocycles. The van der Waals surface area contributed by atoms with Crippen molar-refractivity contribution in [1.82, 2.24) is 15.6 Å². The van der Waals surface area contributed by atoms with Crippen LogP contribution in [0.15, 0.2) is 10.4 Å². The molecule has 0 aliphatic heterocycles. The summed E-state index contributed by atoms with van der Waals surface area (Å²) in [5.41, 5.74) is 0.996. The standard InChI is InChI=1S/C14H27N5OS/c1-5-15-13(16-8-7-9-20-6-2)17-10-12-11-21-14(18-12)19(3)4/h11H,5-10H2,1-4H3,(H2,15,16,17). The van der Waals surface area contributed by atoms with Crippen LogP contribution in [0.3, 0.4) is 0 Å². The number of anilines is 1. The van der Waals surface area contributed by atoms with E-state index in [1.807, 2.05) is 25.9 Å². The third-order valence-corrected chi connectivity index (χ3v) is 3.68. The number of nitrogens with one attached hydrogen (secondary N) is 2. The zero-order valence-electron chi connectivity index (χ0n) is 13.5. The van der Waals surface area contributed by atoms with Crippen molar-refractivity contribution in [3.8, 4) is 0 Å². The summed E-state index contributed by atoms with van der Waals surface area (Å²) in [6.07, 6.45) is 0.972. The van der Waals surface area contributed by atoms with Crippen LogP contribution in [0, 0.1) is 0 Å². The molecule has 0 spiro atoms. The smallest absolute Gasteiger partial charge is 0.191 e. The predicted molar refractivity (Wildman–Crippen MR) is 90.4 cm³/mol. The Hall–Kier alpha value is -1.34. The van der Waals surface area contributed by atoms with Crippen molar-refractivity contribution < 1.29 is 4.74 Å². The van der Waals surface area contributed by atoms with E-state index in [2.05, 4.69) is 32.9 Å². The fourth-order valence-corrected chi connectivity index (χ4v) is 2.35. The largest absolute Gasteiger partial charge is 0.382 e. The first-order valence-corrected chi connectivity index (χ1v) is 8.27. The number of aromatic nitrogens is 1. The highest BCUT2D eigenvalue weighted by Gasteiger charge is 2.03. The lowest BCUT2D eigenvalue weighted by Gasteiger charge is -2.10. The minimum absolute atomic E-state index is 0.588. The van der Waals surface area contributed by atoms with E-state index in [9.17, 15) is 0 Å². The maximum absolute atomic E-state index is 5.32. The fraction of sp³-hybridized carbons (Fsp3) is 0.714. The van der Waals surface area contributed by atoms with Gasteiger partial charge in [-0.05, 0) is 20.3 Å². The molecule has 0 bridgehead atoms. The van der Waals surface area contributed by atoms with E-state index in [4.69, 9.17) is 4.74 Å². The number of ether oxygens (including phenoxy) is 1. The molecule has 1 aromatic heterocycles. The van der Waals surface area contributed by atoms with Crippen LogP contribution in [0.4, 0.5) is 5.13 Å². The van der Waals surface area contributed by atoms with E-state index in [1.165, 1.54) is 0 Å². The average Bonchev–Trinajstić information content (AvgIpc) is 2.93. The quantitative estimate of drug-likeness (QED) is 0.413. The van der Waals surface area contributed by atoms with Gasteiger partial charge in [0.05, 0.1) is 12.2 Å². The number of aliphatic imine (C=N–C) groups is 1. The molecule has 0 saturated heterocycles. The molecule has 1 rings (SSSR count). The van der Waals surface area contributed by atoms with E-state index >= 15 is 0 Å². The van der Waals surface area contributed by atoms with Gasteiger partial charge in [-0.1, -0.05) is 0 Å². The second-order valence-electron chi connectivity index (χ2n) is 4.69. The summed E-state index contributed by atoms with van der Waals surface area (Å²) in [7, 11) is 3.99. The van der Waals surface area contributed by atoms with Gasteiger partial charge in [-0.2, -0.15) is 0 Å². The van der Waals surface area contributed by atoms with Gasteiger partial charge in [-0.25, -0.2) is 9.98 Å². The van der Waals surface area contributed by atoms with Gasteiger partial charge in [0, 0.05) is 45.8 Å². The molecule has 21 heavy (non-hydrogen) atoms. The van der Waals surface area contributed by atoms with Crippen LogP contribution in [0.5, 0.6) is 0 Å². The Kier molecular flexibility index (Phi) is 8.77.